The maximum atomic E-state index is 14.1. The van der Waals surface area contributed by atoms with Crippen LogP contribution in [0.1, 0.15) is 18.6 Å². The van der Waals surface area contributed by atoms with Gasteiger partial charge in [0.05, 0.1) is 16.5 Å². The molecule has 0 bridgehead atoms. The number of para-hydroxylation sites is 1. The van der Waals surface area contributed by atoms with E-state index < -0.39 is 6.10 Å². The van der Waals surface area contributed by atoms with E-state index in [0.29, 0.717) is 15.5 Å². The third-order valence-corrected chi connectivity index (χ3v) is 4.31. The molecule has 0 radical (unpaired) electrons. The molecule has 106 valence electrons. The minimum absolute atomic E-state index is 0.360. The standard InChI is InChI=1S/C16H13FN2OS/c1-10(20)11-6-4-7-13(17)15(11)21-16-12-5-2-3-8-14(12)18-9-19-16/h2-10,20H,1H3/t10-/m1/s1. The minimum Gasteiger partial charge on any atom is -0.389 e. The molecule has 0 amide bonds. The monoisotopic (exact) mass is 300 g/mol. The molecule has 1 heterocycles. The summed E-state index contributed by atoms with van der Waals surface area (Å²) in [4.78, 5) is 8.84. The average Bonchev–Trinajstić information content (AvgIpc) is 2.49. The van der Waals surface area contributed by atoms with E-state index in [-0.39, 0.29) is 5.82 Å². The lowest BCUT2D eigenvalue weighted by molar-refractivity contribution is 0.195. The Bertz CT molecular complexity index is 787. The van der Waals surface area contributed by atoms with Crippen molar-refractivity contribution in [2.75, 3.05) is 0 Å². The van der Waals surface area contributed by atoms with E-state index in [1.165, 1.54) is 24.2 Å². The van der Waals surface area contributed by atoms with Crippen molar-refractivity contribution in [3.8, 4) is 0 Å². The molecule has 0 aliphatic rings. The van der Waals surface area contributed by atoms with Crippen LogP contribution < -0.4 is 0 Å². The summed E-state index contributed by atoms with van der Waals surface area (Å²) >= 11 is 1.21. The molecule has 3 aromatic rings. The van der Waals surface area contributed by atoms with Crippen molar-refractivity contribution in [3.63, 3.8) is 0 Å². The number of aliphatic hydroxyl groups is 1. The molecule has 1 N–H and O–H groups in total. The van der Waals surface area contributed by atoms with Crippen molar-refractivity contribution < 1.29 is 9.50 Å². The fraction of sp³-hybridized carbons (Fsp3) is 0.125. The van der Waals surface area contributed by atoms with E-state index in [1.54, 1.807) is 19.1 Å². The molecule has 0 saturated heterocycles. The van der Waals surface area contributed by atoms with Gasteiger partial charge < -0.3 is 5.11 Å². The molecule has 1 atom stereocenters. The van der Waals surface area contributed by atoms with Crippen LogP contribution in [-0.4, -0.2) is 15.1 Å². The number of aromatic nitrogens is 2. The zero-order valence-electron chi connectivity index (χ0n) is 11.3. The Morgan fingerprint density at radius 3 is 2.71 bits per heavy atom. The van der Waals surface area contributed by atoms with E-state index in [1.807, 2.05) is 24.3 Å². The Labute approximate surface area is 125 Å². The fourth-order valence-corrected chi connectivity index (χ4v) is 3.22. The quantitative estimate of drug-likeness (QED) is 0.743. The fourth-order valence-electron chi connectivity index (χ4n) is 2.12. The predicted molar refractivity (Wildman–Crippen MR) is 80.7 cm³/mol. The van der Waals surface area contributed by atoms with Gasteiger partial charge in [-0.05, 0) is 24.6 Å². The Kier molecular flexibility index (Phi) is 3.86. The van der Waals surface area contributed by atoms with Crippen LogP contribution in [0.25, 0.3) is 10.9 Å². The zero-order valence-corrected chi connectivity index (χ0v) is 12.1. The Morgan fingerprint density at radius 1 is 1.10 bits per heavy atom. The van der Waals surface area contributed by atoms with Crippen molar-refractivity contribution in [1.82, 2.24) is 9.97 Å². The molecular weight excluding hydrogens is 287 g/mol. The van der Waals surface area contributed by atoms with Crippen molar-refractivity contribution in [3.05, 3.63) is 60.2 Å². The Balaban J connectivity index is 2.11. The van der Waals surface area contributed by atoms with E-state index in [2.05, 4.69) is 9.97 Å². The SMILES string of the molecule is C[C@@H](O)c1cccc(F)c1Sc1ncnc2ccccc12. The van der Waals surface area contributed by atoms with Gasteiger partial charge >= 0.3 is 0 Å². The van der Waals surface area contributed by atoms with Gasteiger partial charge in [-0.1, -0.05) is 42.1 Å². The molecule has 0 spiro atoms. The Hall–Kier alpha value is -1.98. The van der Waals surface area contributed by atoms with Crippen molar-refractivity contribution >= 4 is 22.7 Å². The molecule has 3 rings (SSSR count). The first kappa shape index (κ1) is 14.0. The van der Waals surface area contributed by atoms with Crippen molar-refractivity contribution in [1.29, 1.82) is 0 Å². The third kappa shape index (κ3) is 2.75. The molecule has 0 unspecified atom stereocenters. The molecule has 0 aliphatic carbocycles. The number of fused-ring (bicyclic) bond motifs is 1. The molecule has 1 aromatic heterocycles. The highest BCUT2D eigenvalue weighted by Gasteiger charge is 2.15. The van der Waals surface area contributed by atoms with Crippen LogP contribution >= 0.6 is 11.8 Å². The molecule has 0 aliphatic heterocycles. The number of benzene rings is 2. The summed E-state index contributed by atoms with van der Waals surface area (Å²) in [5.41, 5.74) is 1.37. The van der Waals surface area contributed by atoms with Crippen LogP contribution in [0.2, 0.25) is 0 Å². The second-order valence-corrected chi connectivity index (χ2v) is 5.63. The first-order valence-electron chi connectivity index (χ1n) is 6.51. The van der Waals surface area contributed by atoms with Crippen LogP contribution in [0.5, 0.6) is 0 Å². The summed E-state index contributed by atoms with van der Waals surface area (Å²) in [6.45, 7) is 1.62. The van der Waals surface area contributed by atoms with Crippen LogP contribution in [0.3, 0.4) is 0 Å². The lowest BCUT2D eigenvalue weighted by Gasteiger charge is -2.12. The summed E-state index contributed by atoms with van der Waals surface area (Å²) in [6, 6.07) is 12.3. The molecule has 3 nitrogen and oxygen atoms in total. The second kappa shape index (κ2) is 5.79. The van der Waals surface area contributed by atoms with E-state index in [0.717, 1.165) is 10.9 Å². The zero-order chi connectivity index (χ0) is 14.8. The highest BCUT2D eigenvalue weighted by atomic mass is 32.2. The number of halogens is 1. The number of rotatable bonds is 3. The van der Waals surface area contributed by atoms with E-state index >= 15 is 0 Å². The van der Waals surface area contributed by atoms with Gasteiger partial charge in [0.15, 0.2) is 0 Å². The third-order valence-electron chi connectivity index (χ3n) is 3.15. The number of hydrogen-bond acceptors (Lipinski definition) is 4. The van der Waals surface area contributed by atoms with Crippen LogP contribution in [0, 0.1) is 5.82 Å². The molecule has 0 saturated carbocycles. The van der Waals surface area contributed by atoms with Crippen LogP contribution in [0.15, 0.2) is 58.7 Å². The molecule has 5 heteroatoms. The highest BCUT2D eigenvalue weighted by molar-refractivity contribution is 7.99. The van der Waals surface area contributed by atoms with E-state index in [4.69, 9.17) is 0 Å². The summed E-state index contributed by atoms with van der Waals surface area (Å²) in [5.74, 6) is -0.360. The van der Waals surface area contributed by atoms with Crippen LogP contribution in [-0.2, 0) is 0 Å². The second-order valence-electron chi connectivity index (χ2n) is 4.63. The number of aliphatic hydroxyl groups excluding tert-OH is 1. The highest BCUT2D eigenvalue weighted by Crippen LogP contribution is 2.36. The van der Waals surface area contributed by atoms with Gasteiger partial charge in [-0.3, -0.25) is 0 Å². The summed E-state index contributed by atoms with van der Waals surface area (Å²) in [7, 11) is 0. The van der Waals surface area contributed by atoms with E-state index in [9.17, 15) is 9.50 Å². The van der Waals surface area contributed by atoms with Crippen molar-refractivity contribution in [2.45, 2.75) is 22.9 Å². The topological polar surface area (TPSA) is 46.0 Å². The lowest BCUT2D eigenvalue weighted by Crippen LogP contribution is -1.97. The molecule has 0 fully saturated rings. The maximum Gasteiger partial charge on any atom is 0.137 e. The molecular formula is C16H13FN2OS. The van der Waals surface area contributed by atoms with Crippen molar-refractivity contribution in [2.24, 2.45) is 0 Å². The first-order chi connectivity index (χ1) is 10.2. The minimum atomic E-state index is -0.740. The Morgan fingerprint density at radius 2 is 1.90 bits per heavy atom. The van der Waals surface area contributed by atoms with Gasteiger partial charge in [-0.25, -0.2) is 14.4 Å². The lowest BCUT2D eigenvalue weighted by atomic mass is 10.1. The van der Waals surface area contributed by atoms with Gasteiger partial charge in [0.25, 0.3) is 0 Å². The van der Waals surface area contributed by atoms with Gasteiger partial charge in [0, 0.05) is 5.39 Å². The normalized spacial score (nSPS) is 12.5. The number of nitrogens with zero attached hydrogens (tertiary/aromatic N) is 2. The van der Waals surface area contributed by atoms with Gasteiger partial charge in [-0.2, -0.15) is 0 Å². The van der Waals surface area contributed by atoms with Gasteiger partial charge in [0.2, 0.25) is 0 Å². The summed E-state index contributed by atoms with van der Waals surface area (Å²) in [5, 5.41) is 11.3. The van der Waals surface area contributed by atoms with Gasteiger partial charge in [0.1, 0.15) is 17.2 Å². The van der Waals surface area contributed by atoms with Crippen LogP contribution in [0.4, 0.5) is 4.39 Å². The maximum absolute atomic E-state index is 14.1. The van der Waals surface area contributed by atoms with Gasteiger partial charge in [-0.15, -0.1) is 0 Å². The first-order valence-corrected chi connectivity index (χ1v) is 7.32. The summed E-state index contributed by atoms with van der Waals surface area (Å²) in [6.07, 6.45) is 0.726. The number of hydrogen-bond donors (Lipinski definition) is 1. The largest absolute Gasteiger partial charge is 0.389 e. The average molecular weight is 300 g/mol. The molecule has 21 heavy (non-hydrogen) atoms. The smallest absolute Gasteiger partial charge is 0.137 e. The summed E-state index contributed by atoms with van der Waals surface area (Å²) < 4.78 is 14.1. The predicted octanol–water partition coefficient (Wildman–Crippen LogP) is 3.97. The molecule has 2 aromatic carbocycles.